The van der Waals surface area contributed by atoms with Crippen LogP contribution < -0.4 is 15.5 Å². The number of urea groups is 1. The molecule has 2 aromatic rings. The van der Waals surface area contributed by atoms with Crippen molar-refractivity contribution in [1.29, 1.82) is 0 Å². The Morgan fingerprint density at radius 2 is 2.00 bits per heavy atom. The number of pyridine rings is 1. The maximum atomic E-state index is 12.3. The standard InChI is InChI=1S/C19H20N4O2/c24-17-9-5-11-23(17)16-8-4-10-20-18(16)22-19(25)21-15-12-14(15)13-6-2-1-3-7-13/h1-4,6-8,10,14-15H,5,9,11-12H2,(H2,20,21,22,25)/t14-,15+/m0/s1. The molecule has 6 heteroatoms. The third kappa shape index (κ3) is 3.33. The number of carbonyl (C=O) groups is 2. The molecule has 2 atom stereocenters. The summed E-state index contributed by atoms with van der Waals surface area (Å²) in [4.78, 5) is 30.2. The summed E-state index contributed by atoms with van der Waals surface area (Å²) in [7, 11) is 0. The highest BCUT2D eigenvalue weighted by Gasteiger charge is 2.39. The Bertz CT molecular complexity index is 793. The van der Waals surface area contributed by atoms with E-state index in [1.54, 1.807) is 17.2 Å². The van der Waals surface area contributed by atoms with Gasteiger partial charge in [0.15, 0.2) is 5.82 Å². The van der Waals surface area contributed by atoms with Crippen LogP contribution in [0.15, 0.2) is 48.7 Å². The Labute approximate surface area is 146 Å². The van der Waals surface area contributed by atoms with Gasteiger partial charge in [-0.1, -0.05) is 30.3 Å². The summed E-state index contributed by atoms with van der Waals surface area (Å²) in [5.74, 6) is 0.866. The number of hydrogen-bond acceptors (Lipinski definition) is 3. The first kappa shape index (κ1) is 15.6. The van der Waals surface area contributed by atoms with Gasteiger partial charge in [0.2, 0.25) is 5.91 Å². The number of anilines is 2. The number of hydrogen-bond donors (Lipinski definition) is 2. The lowest BCUT2D eigenvalue weighted by Gasteiger charge is -2.19. The van der Waals surface area contributed by atoms with E-state index in [0.29, 0.717) is 30.4 Å². The van der Waals surface area contributed by atoms with Gasteiger partial charge in [-0.15, -0.1) is 0 Å². The van der Waals surface area contributed by atoms with E-state index in [0.717, 1.165) is 12.8 Å². The fourth-order valence-corrected chi connectivity index (χ4v) is 3.35. The molecule has 1 aromatic carbocycles. The molecular weight excluding hydrogens is 316 g/mol. The summed E-state index contributed by atoms with van der Waals surface area (Å²) >= 11 is 0. The minimum Gasteiger partial charge on any atom is -0.334 e. The number of amides is 3. The molecule has 0 spiro atoms. The summed E-state index contributed by atoms with van der Waals surface area (Å²) < 4.78 is 0. The zero-order chi connectivity index (χ0) is 17.2. The Morgan fingerprint density at radius 1 is 1.16 bits per heavy atom. The van der Waals surface area contributed by atoms with Gasteiger partial charge in [0.1, 0.15) is 0 Å². The van der Waals surface area contributed by atoms with Gasteiger partial charge in [-0.3, -0.25) is 10.1 Å². The van der Waals surface area contributed by atoms with Gasteiger partial charge in [0.25, 0.3) is 0 Å². The van der Waals surface area contributed by atoms with Crippen LogP contribution in [0.4, 0.5) is 16.3 Å². The van der Waals surface area contributed by atoms with Gasteiger partial charge in [-0.05, 0) is 30.5 Å². The minimum absolute atomic E-state index is 0.0720. The van der Waals surface area contributed by atoms with Crippen molar-refractivity contribution in [2.45, 2.75) is 31.2 Å². The van der Waals surface area contributed by atoms with Crippen molar-refractivity contribution >= 4 is 23.4 Å². The number of carbonyl (C=O) groups excluding carboxylic acids is 2. The highest BCUT2D eigenvalue weighted by molar-refractivity contribution is 6.00. The van der Waals surface area contributed by atoms with Crippen molar-refractivity contribution in [3.8, 4) is 0 Å². The highest BCUT2D eigenvalue weighted by Crippen LogP contribution is 2.40. The van der Waals surface area contributed by atoms with Gasteiger partial charge in [0, 0.05) is 31.1 Å². The lowest BCUT2D eigenvalue weighted by Crippen LogP contribution is -2.33. The summed E-state index contributed by atoms with van der Waals surface area (Å²) in [6, 6.07) is 13.6. The van der Waals surface area contributed by atoms with Crippen molar-refractivity contribution in [3.63, 3.8) is 0 Å². The predicted molar refractivity (Wildman–Crippen MR) is 95.6 cm³/mol. The van der Waals surface area contributed by atoms with Crippen LogP contribution in [0, 0.1) is 0 Å². The minimum atomic E-state index is -0.282. The lowest BCUT2D eigenvalue weighted by molar-refractivity contribution is -0.117. The molecule has 2 fully saturated rings. The maximum Gasteiger partial charge on any atom is 0.320 e. The van der Waals surface area contributed by atoms with E-state index < -0.39 is 0 Å². The van der Waals surface area contributed by atoms with Crippen LogP contribution >= 0.6 is 0 Å². The van der Waals surface area contributed by atoms with E-state index >= 15 is 0 Å². The first-order valence-electron chi connectivity index (χ1n) is 8.60. The fraction of sp³-hybridized carbons (Fsp3) is 0.316. The molecule has 1 saturated heterocycles. The zero-order valence-electron chi connectivity index (χ0n) is 13.8. The molecule has 2 heterocycles. The molecule has 2 N–H and O–H groups in total. The van der Waals surface area contributed by atoms with E-state index in [4.69, 9.17) is 0 Å². The second-order valence-electron chi connectivity index (χ2n) is 6.48. The largest absolute Gasteiger partial charge is 0.334 e. The molecule has 1 aliphatic carbocycles. The third-order valence-corrected chi connectivity index (χ3v) is 4.72. The molecule has 6 nitrogen and oxygen atoms in total. The highest BCUT2D eigenvalue weighted by atomic mass is 16.2. The third-order valence-electron chi connectivity index (χ3n) is 4.72. The van der Waals surface area contributed by atoms with Crippen molar-refractivity contribution in [1.82, 2.24) is 10.3 Å². The number of nitrogens with zero attached hydrogens (tertiary/aromatic N) is 2. The maximum absolute atomic E-state index is 12.3. The smallest absolute Gasteiger partial charge is 0.320 e. The SMILES string of the molecule is O=C(Nc1ncccc1N1CCCC1=O)N[C@@H]1C[C@H]1c1ccccc1. The molecule has 1 saturated carbocycles. The number of benzene rings is 1. The van der Waals surface area contributed by atoms with Crippen molar-refractivity contribution in [2.75, 3.05) is 16.8 Å². The van der Waals surface area contributed by atoms with E-state index in [1.807, 2.05) is 24.3 Å². The van der Waals surface area contributed by atoms with Gasteiger partial charge in [-0.25, -0.2) is 9.78 Å². The van der Waals surface area contributed by atoms with Gasteiger partial charge >= 0.3 is 6.03 Å². The monoisotopic (exact) mass is 336 g/mol. The molecule has 1 aliphatic heterocycles. The molecule has 4 rings (SSSR count). The number of aromatic nitrogens is 1. The van der Waals surface area contributed by atoms with E-state index in [2.05, 4.69) is 27.8 Å². The summed E-state index contributed by atoms with van der Waals surface area (Å²) in [5, 5.41) is 5.78. The first-order chi connectivity index (χ1) is 12.2. The van der Waals surface area contributed by atoms with Gasteiger partial charge < -0.3 is 10.2 Å². The van der Waals surface area contributed by atoms with Gasteiger partial charge in [0.05, 0.1) is 5.69 Å². The Balaban J connectivity index is 1.40. The summed E-state index contributed by atoms with van der Waals surface area (Å²) in [5.41, 5.74) is 1.91. The second-order valence-corrected chi connectivity index (χ2v) is 6.48. The number of rotatable bonds is 4. The Morgan fingerprint density at radius 3 is 2.76 bits per heavy atom. The normalized spacial score (nSPS) is 21.9. The Kier molecular flexibility index (Phi) is 4.09. The van der Waals surface area contributed by atoms with Crippen LogP contribution in [-0.2, 0) is 4.79 Å². The lowest BCUT2D eigenvalue weighted by atomic mass is 10.1. The molecular formula is C19H20N4O2. The zero-order valence-corrected chi connectivity index (χ0v) is 13.8. The molecule has 3 amide bonds. The fourth-order valence-electron chi connectivity index (χ4n) is 3.35. The molecule has 2 aliphatic rings. The summed E-state index contributed by atoms with van der Waals surface area (Å²) in [6.07, 6.45) is 3.93. The van der Waals surface area contributed by atoms with Crippen molar-refractivity contribution in [2.24, 2.45) is 0 Å². The summed E-state index contributed by atoms with van der Waals surface area (Å²) in [6.45, 7) is 0.666. The molecule has 0 bridgehead atoms. The first-order valence-corrected chi connectivity index (χ1v) is 8.60. The van der Waals surface area contributed by atoms with Crippen molar-refractivity contribution in [3.05, 3.63) is 54.2 Å². The van der Waals surface area contributed by atoms with Crippen LogP contribution in [0.3, 0.4) is 0 Å². The predicted octanol–water partition coefficient (Wildman–Crippen LogP) is 2.89. The molecule has 25 heavy (non-hydrogen) atoms. The quantitative estimate of drug-likeness (QED) is 0.901. The van der Waals surface area contributed by atoms with Crippen LogP contribution in [0.5, 0.6) is 0 Å². The molecule has 1 aromatic heterocycles. The average Bonchev–Trinajstić information content (AvgIpc) is 3.26. The van der Waals surface area contributed by atoms with Crippen LogP contribution in [-0.4, -0.2) is 29.5 Å². The molecule has 0 unspecified atom stereocenters. The van der Waals surface area contributed by atoms with Crippen LogP contribution in [0.1, 0.15) is 30.7 Å². The average molecular weight is 336 g/mol. The van der Waals surface area contributed by atoms with Crippen molar-refractivity contribution < 1.29 is 9.59 Å². The Hall–Kier alpha value is -2.89. The molecule has 128 valence electrons. The van der Waals surface area contributed by atoms with Crippen LogP contribution in [0.2, 0.25) is 0 Å². The van der Waals surface area contributed by atoms with E-state index in [-0.39, 0.29) is 18.0 Å². The van der Waals surface area contributed by atoms with E-state index in [9.17, 15) is 9.59 Å². The number of nitrogens with one attached hydrogen (secondary N) is 2. The van der Waals surface area contributed by atoms with Gasteiger partial charge in [-0.2, -0.15) is 0 Å². The second kappa shape index (κ2) is 6.55. The topological polar surface area (TPSA) is 74.3 Å². The molecule has 0 radical (unpaired) electrons. The van der Waals surface area contributed by atoms with Crippen LogP contribution in [0.25, 0.3) is 0 Å². The van der Waals surface area contributed by atoms with E-state index in [1.165, 1.54) is 5.56 Å².